The Morgan fingerprint density at radius 1 is 0.976 bits per heavy atom. The zero-order chi connectivity index (χ0) is 29.9. The minimum atomic E-state index is -3.63. The highest BCUT2D eigenvalue weighted by Crippen LogP contribution is 2.43. The van der Waals surface area contributed by atoms with Gasteiger partial charge in [-0.05, 0) is 55.0 Å². The lowest BCUT2D eigenvalue weighted by molar-refractivity contribution is -0.133. The molecule has 0 spiro atoms. The van der Waals surface area contributed by atoms with Gasteiger partial charge in [-0.25, -0.2) is 8.42 Å². The van der Waals surface area contributed by atoms with Gasteiger partial charge in [0.05, 0.1) is 28.4 Å². The molecule has 41 heavy (non-hydrogen) atoms. The first-order valence-corrected chi connectivity index (χ1v) is 17.0. The number of hydrogen-bond donors (Lipinski definition) is 2. The third-order valence-corrected chi connectivity index (χ3v) is 11.7. The standard InChI is InChI=1S/C33H42N2O4S2/c1-21(2)30(31(36)28(27-19-40-27)29(34)23-13-7-6-8-14-23)35-32(37)25(20-41(38,39)33(3,4)5)18-24-16-11-15-22-12-9-10-17-26(22)24/h6-17,21,25,27-30H,18-20,34H2,1-5H3,(H,35,37)/t25?,27?,28-,29?,30-/m0/s1. The first-order chi connectivity index (χ1) is 19.3. The van der Waals surface area contributed by atoms with Gasteiger partial charge in [-0.1, -0.05) is 86.6 Å². The van der Waals surface area contributed by atoms with E-state index < -0.39 is 44.4 Å². The SMILES string of the molecule is CC(C)[C@H](NC(=O)C(Cc1cccc2ccccc12)CS(=O)(=O)C(C)(C)C)C(=O)[C@@H](C1CS1)C(N)c1ccccc1. The lowest BCUT2D eigenvalue weighted by atomic mass is 9.82. The van der Waals surface area contributed by atoms with Gasteiger partial charge in [0.25, 0.3) is 0 Å². The fourth-order valence-electron chi connectivity index (χ4n) is 5.26. The summed E-state index contributed by atoms with van der Waals surface area (Å²) in [6.45, 7) is 8.76. The maximum atomic E-state index is 14.1. The molecule has 1 fully saturated rings. The molecular weight excluding hydrogens is 553 g/mol. The summed E-state index contributed by atoms with van der Waals surface area (Å²) in [5, 5.41) is 5.12. The first kappa shape index (κ1) is 31.3. The fraction of sp³-hybridized carbons (Fsp3) is 0.455. The number of rotatable bonds is 12. The lowest BCUT2D eigenvalue weighted by Gasteiger charge is -2.31. The Hall–Kier alpha value is -2.68. The second-order valence-corrected chi connectivity index (χ2v) is 16.5. The lowest BCUT2D eigenvalue weighted by Crippen LogP contribution is -2.52. The molecule has 3 aromatic carbocycles. The number of amides is 1. The molecule has 3 unspecified atom stereocenters. The Labute approximate surface area is 248 Å². The Balaban J connectivity index is 1.64. The minimum Gasteiger partial charge on any atom is -0.346 e. The summed E-state index contributed by atoms with van der Waals surface area (Å²) in [6, 6.07) is 22.1. The van der Waals surface area contributed by atoms with Crippen LogP contribution >= 0.6 is 11.8 Å². The summed E-state index contributed by atoms with van der Waals surface area (Å²) in [5.41, 5.74) is 8.46. The smallest absolute Gasteiger partial charge is 0.225 e. The summed E-state index contributed by atoms with van der Waals surface area (Å²) in [4.78, 5) is 28.1. The van der Waals surface area contributed by atoms with Crippen molar-refractivity contribution in [2.45, 2.75) is 63.1 Å². The number of ketones is 1. The number of hydrogen-bond acceptors (Lipinski definition) is 6. The van der Waals surface area contributed by atoms with E-state index in [0.29, 0.717) is 0 Å². The molecule has 1 aliphatic rings. The van der Waals surface area contributed by atoms with Crippen molar-refractivity contribution in [1.82, 2.24) is 5.32 Å². The van der Waals surface area contributed by atoms with Crippen LogP contribution < -0.4 is 11.1 Å². The van der Waals surface area contributed by atoms with Crippen LogP contribution in [0.15, 0.2) is 72.8 Å². The molecule has 3 aromatic rings. The number of carbonyl (C=O) groups is 2. The predicted molar refractivity (Wildman–Crippen MR) is 170 cm³/mol. The summed E-state index contributed by atoms with van der Waals surface area (Å²) in [5.74, 6) is -1.49. The molecule has 4 rings (SSSR count). The second-order valence-electron chi connectivity index (χ2n) is 12.4. The van der Waals surface area contributed by atoms with Crippen LogP contribution in [-0.4, -0.2) is 47.7 Å². The van der Waals surface area contributed by atoms with Crippen molar-refractivity contribution in [3.63, 3.8) is 0 Å². The maximum Gasteiger partial charge on any atom is 0.225 e. The molecule has 0 saturated carbocycles. The average molecular weight is 595 g/mol. The van der Waals surface area contributed by atoms with Gasteiger partial charge in [0.2, 0.25) is 5.91 Å². The number of thioether (sulfide) groups is 1. The van der Waals surface area contributed by atoms with Gasteiger partial charge >= 0.3 is 0 Å². The van der Waals surface area contributed by atoms with E-state index in [1.165, 1.54) is 0 Å². The van der Waals surface area contributed by atoms with E-state index in [1.807, 2.05) is 86.6 Å². The highest BCUT2D eigenvalue weighted by molar-refractivity contribution is 8.06. The van der Waals surface area contributed by atoms with Crippen LogP contribution in [0.5, 0.6) is 0 Å². The molecule has 8 heteroatoms. The molecule has 0 aliphatic carbocycles. The number of fused-ring (bicyclic) bond motifs is 1. The van der Waals surface area contributed by atoms with Crippen molar-refractivity contribution in [2.24, 2.45) is 23.5 Å². The molecule has 1 aliphatic heterocycles. The Morgan fingerprint density at radius 2 is 1.59 bits per heavy atom. The Bertz CT molecular complexity index is 1470. The van der Waals surface area contributed by atoms with Crippen LogP contribution in [0.1, 0.15) is 51.8 Å². The van der Waals surface area contributed by atoms with Crippen molar-refractivity contribution in [1.29, 1.82) is 0 Å². The van der Waals surface area contributed by atoms with Crippen molar-refractivity contribution in [3.8, 4) is 0 Å². The van der Waals surface area contributed by atoms with Crippen LogP contribution in [0.4, 0.5) is 0 Å². The van der Waals surface area contributed by atoms with Gasteiger partial charge < -0.3 is 11.1 Å². The van der Waals surface area contributed by atoms with Gasteiger partial charge in [0.1, 0.15) is 0 Å². The topological polar surface area (TPSA) is 106 Å². The summed E-state index contributed by atoms with van der Waals surface area (Å²) < 4.78 is 25.7. The maximum absolute atomic E-state index is 14.1. The van der Waals surface area contributed by atoms with Gasteiger partial charge in [0.15, 0.2) is 15.6 Å². The van der Waals surface area contributed by atoms with Gasteiger partial charge in [0, 0.05) is 17.0 Å². The van der Waals surface area contributed by atoms with Gasteiger partial charge in [-0.2, -0.15) is 11.8 Å². The molecule has 1 saturated heterocycles. The van der Waals surface area contributed by atoms with E-state index in [-0.39, 0.29) is 29.1 Å². The van der Waals surface area contributed by atoms with E-state index in [1.54, 1.807) is 32.5 Å². The van der Waals surface area contributed by atoms with Crippen LogP contribution in [0.3, 0.4) is 0 Å². The van der Waals surface area contributed by atoms with Crippen LogP contribution in [-0.2, 0) is 25.8 Å². The van der Waals surface area contributed by atoms with Crippen LogP contribution in [0, 0.1) is 17.8 Å². The number of Topliss-reactive ketones (excluding diaryl/α,β-unsaturated/α-hetero) is 1. The molecule has 0 aromatic heterocycles. The summed E-state index contributed by atoms with van der Waals surface area (Å²) in [6.07, 6.45) is 0.243. The van der Waals surface area contributed by atoms with Crippen molar-refractivity contribution in [2.75, 3.05) is 11.5 Å². The normalized spacial score (nSPS) is 18.5. The number of nitrogens with two attached hydrogens (primary N) is 1. The van der Waals surface area contributed by atoms with Crippen LogP contribution in [0.2, 0.25) is 0 Å². The quantitative estimate of drug-likeness (QED) is 0.274. The second kappa shape index (κ2) is 12.7. The fourth-order valence-corrected chi connectivity index (χ4v) is 7.39. The zero-order valence-electron chi connectivity index (χ0n) is 24.5. The number of carbonyl (C=O) groups excluding carboxylic acids is 2. The van der Waals surface area contributed by atoms with Gasteiger partial charge in [-0.15, -0.1) is 0 Å². The predicted octanol–water partition coefficient (Wildman–Crippen LogP) is 5.35. The van der Waals surface area contributed by atoms with E-state index in [9.17, 15) is 18.0 Å². The third kappa shape index (κ3) is 7.40. The van der Waals surface area contributed by atoms with Gasteiger partial charge in [-0.3, -0.25) is 9.59 Å². The summed E-state index contributed by atoms with van der Waals surface area (Å²) >= 11 is 1.70. The molecule has 0 radical (unpaired) electrons. The number of nitrogens with one attached hydrogen (secondary N) is 1. The first-order valence-electron chi connectivity index (χ1n) is 14.3. The average Bonchev–Trinajstić information content (AvgIpc) is 3.76. The Kier molecular flexibility index (Phi) is 9.66. The van der Waals surface area contributed by atoms with E-state index >= 15 is 0 Å². The minimum absolute atomic E-state index is 0.0951. The highest BCUT2D eigenvalue weighted by Gasteiger charge is 2.45. The Morgan fingerprint density at radius 3 is 2.20 bits per heavy atom. The van der Waals surface area contributed by atoms with E-state index in [4.69, 9.17) is 5.73 Å². The summed E-state index contributed by atoms with van der Waals surface area (Å²) in [7, 11) is -3.63. The largest absolute Gasteiger partial charge is 0.346 e. The van der Waals surface area contributed by atoms with Crippen molar-refractivity contribution >= 4 is 44.1 Å². The molecule has 3 N–H and O–H groups in total. The number of sulfone groups is 1. The van der Waals surface area contributed by atoms with E-state index in [2.05, 4.69) is 5.32 Å². The van der Waals surface area contributed by atoms with E-state index in [0.717, 1.165) is 27.7 Å². The number of benzene rings is 3. The molecule has 1 amide bonds. The molecule has 220 valence electrons. The van der Waals surface area contributed by atoms with Crippen molar-refractivity contribution in [3.05, 3.63) is 83.9 Å². The van der Waals surface area contributed by atoms with Crippen LogP contribution in [0.25, 0.3) is 10.8 Å². The molecular formula is C33H42N2O4S2. The molecule has 0 bridgehead atoms. The molecule has 6 nitrogen and oxygen atoms in total. The molecule has 1 heterocycles. The monoisotopic (exact) mass is 594 g/mol. The highest BCUT2D eigenvalue weighted by atomic mass is 32.2. The third-order valence-electron chi connectivity index (χ3n) is 8.00. The molecule has 5 atom stereocenters. The van der Waals surface area contributed by atoms with Crippen molar-refractivity contribution < 1.29 is 18.0 Å². The zero-order valence-corrected chi connectivity index (χ0v) is 26.2.